The standard InChI is InChI=1S/C10H12N/c11-10-6-4-9(5-7-10)8-2-1-3-8/h4-6,8H,1-3,11H2. The van der Waals surface area contributed by atoms with Gasteiger partial charge < -0.3 is 5.73 Å². The highest BCUT2D eigenvalue weighted by Crippen LogP contribution is 2.36. The van der Waals surface area contributed by atoms with Crippen LogP contribution in [-0.4, -0.2) is 0 Å². The summed E-state index contributed by atoms with van der Waals surface area (Å²) in [6, 6.07) is 9.11. The van der Waals surface area contributed by atoms with Crippen LogP contribution >= 0.6 is 0 Å². The van der Waals surface area contributed by atoms with Gasteiger partial charge >= 0.3 is 0 Å². The molecule has 1 aromatic carbocycles. The van der Waals surface area contributed by atoms with Crippen molar-refractivity contribution in [2.45, 2.75) is 25.2 Å². The molecule has 0 aromatic heterocycles. The maximum absolute atomic E-state index is 5.53. The zero-order chi connectivity index (χ0) is 7.68. The van der Waals surface area contributed by atoms with Crippen LogP contribution in [0.25, 0.3) is 0 Å². The fourth-order valence-electron chi connectivity index (χ4n) is 1.44. The molecule has 1 nitrogen and oxygen atoms in total. The van der Waals surface area contributed by atoms with E-state index in [-0.39, 0.29) is 0 Å². The molecule has 0 saturated heterocycles. The van der Waals surface area contributed by atoms with E-state index in [1.165, 1.54) is 24.8 Å². The van der Waals surface area contributed by atoms with E-state index in [4.69, 9.17) is 5.73 Å². The van der Waals surface area contributed by atoms with E-state index in [0.29, 0.717) is 0 Å². The van der Waals surface area contributed by atoms with Crippen LogP contribution in [0.3, 0.4) is 0 Å². The van der Waals surface area contributed by atoms with Gasteiger partial charge in [-0.15, -0.1) is 0 Å². The minimum atomic E-state index is 0.744. The van der Waals surface area contributed by atoms with Gasteiger partial charge in [0.25, 0.3) is 0 Å². The van der Waals surface area contributed by atoms with Crippen LogP contribution in [0.15, 0.2) is 18.2 Å². The molecule has 1 heteroatoms. The maximum Gasteiger partial charge on any atom is 0.0394 e. The Kier molecular flexibility index (Phi) is 1.57. The van der Waals surface area contributed by atoms with E-state index in [1.54, 1.807) is 0 Å². The van der Waals surface area contributed by atoms with Crippen molar-refractivity contribution in [3.8, 4) is 0 Å². The van der Waals surface area contributed by atoms with Gasteiger partial charge in [-0.2, -0.15) is 0 Å². The average Bonchev–Trinajstić information content (AvgIpc) is 1.90. The number of hydrogen-bond donors (Lipinski definition) is 1. The highest BCUT2D eigenvalue weighted by molar-refractivity contribution is 5.39. The summed E-state index contributed by atoms with van der Waals surface area (Å²) >= 11 is 0. The predicted molar refractivity (Wildman–Crippen MR) is 46.3 cm³/mol. The second kappa shape index (κ2) is 2.57. The van der Waals surface area contributed by atoms with Gasteiger partial charge in [-0.3, -0.25) is 0 Å². The summed E-state index contributed by atoms with van der Waals surface area (Å²) in [7, 11) is 0. The van der Waals surface area contributed by atoms with Gasteiger partial charge in [0.05, 0.1) is 0 Å². The average molecular weight is 146 g/mol. The second-order valence-electron chi connectivity index (χ2n) is 3.21. The van der Waals surface area contributed by atoms with Crippen molar-refractivity contribution in [2.75, 3.05) is 5.73 Å². The Morgan fingerprint density at radius 1 is 1.36 bits per heavy atom. The summed E-state index contributed by atoms with van der Waals surface area (Å²) in [6.45, 7) is 0. The van der Waals surface area contributed by atoms with Gasteiger partial charge in [0.1, 0.15) is 0 Å². The van der Waals surface area contributed by atoms with Crippen molar-refractivity contribution in [1.82, 2.24) is 0 Å². The molecule has 2 N–H and O–H groups in total. The van der Waals surface area contributed by atoms with E-state index in [1.807, 2.05) is 12.1 Å². The van der Waals surface area contributed by atoms with Gasteiger partial charge in [-0.1, -0.05) is 12.5 Å². The Balaban J connectivity index is 2.18. The lowest BCUT2D eigenvalue weighted by atomic mass is 9.80. The summed E-state index contributed by atoms with van der Waals surface area (Å²) in [6.07, 6.45) is 4.07. The van der Waals surface area contributed by atoms with E-state index >= 15 is 0 Å². The molecule has 0 spiro atoms. The fourth-order valence-corrected chi connectivity index (χ4v) is 1.44. The first kappa shape index (κ1) is 6.71. The van der Waals surface area contributed by atoms with Crippen molar-refractivity contribution in [1.29, 1.82) is 0 Å². The van der Waals surface area contributed by atoms with Crippen molar-refractivity contribution in [3.05, 3.63) is 29.8 Å². The first-order valence-electron chi connectivity index (χ1n) is 4.13. The van der Waals surface area contributed by atoms with Crippen LogP contribution in [0.4, 0.5) is 5.69 Å². The normalized spacial score (nSPS) is 17.8. The quantitative estimate of drug-likeness (QED) is 0.604. The lowest BCUT2D eigenvalue weighted by Crippen LogP contribution is -2.08. The third-order valence-electron chi connectivity index (χ3n) is 2.44. The zero-order valence-corrected chi connectivity index (χ0v) is 6.51. The lowest BCUT2D eigenvalue weighted by molar-refractivity contribution is 0.420. The first-order chi connectivity index (χ1) is 5.36. The largest absolute Gasteiger partial charge is 0.398 e. The van der Waals surface area contributed by atoms with E-state index in [0.717, 1.165) is 11.6 Å². The molecule has 0 atom stereocenters. The summed E-state index contributed by atoms with van der Waals surface area (Å²) in [5.41, 5.74) is 7.68. The van der Waals surface area contributed by atoms with Gasteiger partial charge in [-0.05, 0) is 36.5 Å². The zero-order valence-electron chi connectivity index (χ0n) is 6.51. The number of anilines is 1. The molecule has 0 unspecified atom stereocenters. The molecular weight excluding hydrogens is 134 g/mol. The summed E-state index contributed by atoms with van der Waals surface area (Å²) in [4.78, 5) is 0. The van der Waals surface area contributed by atoms with E-state index in [9.17, 15) is 0 Å². The number of hydrogen-bond acceptors (Lipinski definition) is 1. The Hall–Kier alpha value is -0.980. The molecule has 0 amide bonds. The molecule has 1 aliphatic carbocycles. The van der Waals surface area contributed by atoms with Gasteiger partial charge in [0.15, 0.2) is 0 Å². The van der Waals surface area contributed by atoms with E-state index < -0.39 is 0 Å². The highest BCUT2D eigenvalue weighted by Gasteiger charge is 2.18. The summed E-state index contributed by atoms with van der Waals surface area (Å²) in [5.74, 6) is 0.798. The molecule has 1 saturated carbocycles. The molecule has 1 fully saturated rings. The molecular formula is C10H12N. The van der Waals surface area contributed by atoms with Crippen molar-refractivity contribution >= 4 is 5.69 Å². The van der Waals surface area contributed by atoms with Gasteiger partial charge in [0, 0.05) is 11.8 Å². The molecule has 1 radical (unpaired) electrons. The maximum atomic E-state index is 5.53. The molecule has 0 bridgehead atoms. The minimum Gasteiger partial charge on any atom is -0.398 e. The second-order valence-corrected chi connectivity index (χ2v) is 3.21. The Morgan fingerprint density at radius 3 is 2.64 bits per heavy atom. The Morgan fingerprint density at radius 2 is 2.18 bits per heavy atom. The highest BCUT2D eigenvalue weighted by atomic mass is 14.5. The molecule has 0 aliphatic heterocycles. The minimum absolute atomic E-state index is 0.744. The van der Waals surface area contributed by atoms with Crippen LogP contribution in [0.2, 0.25) is 0 Å². The summed E-state index contributed by atoms with van der Waals surface area (Å²) in [5, 5.41) is 0. The van der Waals surface area contributed by atoms with Crippen LogP contribution in [0, 0.1) is 6.07 Å². The third kappa shape index (κ3) is 1.23. The topological polar surface area (TPSA) is 26.0 Å². The van der Waals surface area contributed by atoms with E-state index in [2.05, 4.69) is 12.1 Å². The van der Waals surface area contributed by atoms with Crippen molar-refractivity contribution in [2.24, 2.45) is 0 Å². The van der Waals surface area contributed by atoms with Crippen LogP contribution < -0.4 is 5.73 Å². The fraction of sp³-hybridized carbons (Fsp3) is 0.400. The lowest BCUT2D eigenvalue weighted by Gasteiger charge is -2.25. The molecule has 2 rings (SSSR count). The molecule has 1 aliphatic rings. The third-order valence-corrected chi connectivity index (χ3v) is 2.44. The van der Waals surface area contributed by atoms with Gasteiger partial charge in [0.2, 0.25) is 0 Å². The van der Waals surface area contributed by atoms with Crippen molar-refractivity contribution in [3.63, 3.8) is 0 Å². The number of nitrogens with two attached hydrogens (primary N) is 1. The molecule has 0 heterocycles. The van der Waals surface area contributed by atoms with Gasteiger partial charge in [-0.25, -0.2) is 0 Å². The summed E-state index contributed by atoms with van der Waals surface area (Å²) < 4.78 is 0. The van der Waals surface area contributed by atoms with Crippen LogP contribution in [0.1, 0.15) is 30.7 Å². The molecule has 11 heavy (non-hydrogen) atoms. The van der Waals surface area contributed by atoms with Crippen molar-refractivity contribution < 1.29 is 0 Å². The smallest absolute Gasteiger partial charge is 0.0394 e. The number of rotatable bonds is 1. The van der Waals surface area contributed by atoms with Crippen LogP contribution in [-0.2, 0) is 0 Å². The first-order valence-corrected chi connectivity index (χ1v) is 4.13. The Bertz CT molecular complexity index is 234. The molecule has 1 aromatic rings. The monoisotopic (exact) mass is 146 g/mol. The van der Waals surface area contributed by atoms with Crippen LogP contribution in [0.5, 0.6) is 0 Å². The Labute approximate surface area is 67.2 Å². The number of nitrogen functional groups attached to an aromatic ring is 1. The predicted octanol–water partition coefficient (Wildman–Crippen LogP) is 2.34. The molecule has 57 valence electrons. The SMILES string of the molecule is Nc1[c]cc(C2CCC2)cc1. The number of benzene rings is 1.